The van der Waals surface area contributed by atoms with E-state index >= 15 is 0 Å². The Kier molecular flexibility index (Phi) is 3.24. The fourth-order valence-corrected chi connectivity index (χ4v) is 1.69. The Morgan fingerprint density at radius 1 is 1.50 bits per heavy atom. The first kappa shape index (κ1) is 11.1. The third kappa shape index (κ3) is 2.41. The van der Waals surface area contributed by atoms with Crippen molar-refractivity contribution in [2.45, 2.75) is 13.5 Å². The van der Waals surface area contributed by atoms with Gasteiger partial charge in [-0.25, -0.2) is 9.37 Å². The van der Waals surface area contributed by atoms with Gasteiger partial charge >= 0.3 is 0 Å². The van der Waals surface area contributed by atoms with E-state index in [1.54, 1.807) is 12.3 Å². The number of aromatic nitrogens is 1. The molecule has 16 heavy (non-hydrogen) atoms. The minimum Gasteiger partial charge on any atom is -0.447 e. The summed E-state index contributed by atoms with van der Waals surface area (Å²) in [5.41, 5.74) is 1.71. The summed E-state index contributed by atoms with van der Waals surface area (Å²) in [5, 5.41) is 3.15. The van der Waals surface area contributed by atoms with Gasteiger partial charge in [0.05, 0.1) is 17.2 Å². The maximum atomic E-state index is 13.2. The molecule has 0 aliphatic rings. The van der Waals surface area contributed by atoms with Crippen LogP contribution < -0.4 is 5.32 Å². The average molecular weight is 285 g/mol. The fraction of sp³-hybridized carbons (Fsp3) is 0.182. The molecule has 0 unspecified atom stereocenters. The fourth-order valence-electron chi connectivity index (χ4n) is 1.35. The van der Waals surface area contributed by atoms with E-state index in [-0.39, 0.29) is 5.82 Å². The van der Waals surface area contributed by atoms with Crippen molar-refractivity contribution in [1.29, 1.82) is 0 Å². The van der Waals surface area contributed by atoms with Gasteiger partial charge in [0.15, 0.2) is 6.39 Å². The molecule has 0 aliphatic carbocycles. The van der Waals surface area contributed by atoms with Gasteiger partial charge in [-0.05, 0) is 40.5 Å². The van der Waals surface area contributed by atoms with Crippen molar-refractivity contribution in [3.8, 4) is 0 Å². The molecule has 0 radical (unpaired) electrons. The average Bonchev–Trinajstić information content (AvgIpc) is 2.74. The van der Waals surface area contributed by atoms with Crippen LogP contribution in [0, 0.1) is 12.7 Å². The van der Waals surface area contributed by atoms with E-state index in [2.05, 4.69) is 26.2 Å². The van der Waals surface area contributed by atoms with Crippen LogP contribution in [0.3, 0.4) is 0 Å². The molecular weight excluding hydrogens is 275 g/mol. The number of rotatable bonds is 3. The summed E-state index contributed by atoms with van der Waals surface area (Å²) in [6.45, 7) is 2.37. The Balaban J connectivity index is 2.12. The number of hydrogen-bond donors (Lipinski definition) is 1. The summed E-state index contributed by atoms with van der Waals surface area (Å²) in [4.78, 5) is 3.81. The number of nitrogens with zero attached hydrogens (tertiary/aromatic N) is 1. The van der Waals surface area contributed by atoms with E-state index < -0.39 is 0 Å². The second-order valence-corrected chi connectivity index (χ2v) is 4.26. The molecule has 1 aromatic heterocycles. The van der Waals surface area contributed by atoms with Crippen LogP contribution in [0.2, 0.25) is 0 Å². The first-order chi connectivity index (χ1) is 7.66. The van der Waals surface area contributed by atoms with Crippen LogP contribution in [0.15, 0.2) is 33.6 Å². The SMILES string of the molecule is Cc1cc(F)c(Br)cc1NCc1cnco1. The highest BCUT2D eigenvalue weighted by Crippen LogP contribution is 2.24. The summed E-state index contributed by atoms with van der Waals surface area (Å²) in [6, 6.07) is 3.19. The van der Waals surface area contributed by atoms with E-state index in [4.69, 9.17) is 4.42 Å². The number of aryl methyl sites for hydroxylation is 1. The number of oxazole rings is 1. The number of nitrogens with one attached hydrogen (secondary N) is 1. The minimum absolute atomic E-state index is 0.261. The standard InChI is InChI=1S/C11H10BrFN2O/c1-7-2-10(13)9(12)3-11(7)15-5-8-4-14-6-16-8/h2-4,6,15H,5H2,1H3. The molecule has 1 heterocycles. The minimum atomic E-state index is -0.261. The zero-order valence-corrected chi connectivity index (χ0v) is 10.2. The highest BCUT2D eigenvalue weighted by atomic mass is 79.9. The number of halogens is 2. The van der Waals surface area contributed by atoms with Crippen LogP contribution in [0.25, 0.3) is 0 Å². The summed E-state index contributed by atoms with van der Waals surface area (Å²) in [7, 11) is 0. The van der Waals surface area contributed by atoms with Crippen molar-refractivity contribution in [3.05, 3.63) is 46.3 Å². The van der Waals surface area contributed by atoms with Gasteiger partial charge in [0, 0.05) is 5.69 Å². The van der Waals surface area contributed by atoms with Gasteiger partial charge in [0.25, 0.3) is 0 Å². The van der Waals surface area contributed by atoms with Gasteiger partial charge in [-0.3, -0.25) is 0 Å². The molecule has 3 nitrogen and oxygen atoms in total. The van der Waals surface area contributed by atoms with Crippen LogP contribution in [0.4, 0.5) is 10.1 Å². The van der Waals surface area contributed by atoms with Gasteiger partial charge in [-0.15, -0.1) is 0 Å². The van der Waals surface area contributed by atoms with Gasteiger partial charge in [0.1, 0.15) is 11.6 Å². The molecule has 1 N–H and O–H groups in total. The maximum absolute atomic E-state index is 13.2. The largest absolute Gasteiger partial charge is 0.447 e. The van der Waals surface area contributed by atoms with Crippen LogP contribution >= 0.6 is 15.9 Å². The number of benzene rings is 1. The molecule has 0 bridgehead atoms. The smallest absolute Gasteiger partial charge is 0.180 e. The zero-order valence-electron chi connectivity index (χ0n) is 8.63. The van der Waals surface area contributed by atoms with Gasteiger partial charge in [-0.2, -0.15) is 0 Å². The molecule has 0 saturated carbocycles. The van der Waals surface area contributed by atoms with Gasteiger partial charge in [0.2, 0.25) is 0 Å². The monoisotopic (exact) mass is 284 g/mol. The lowest BCUT2D eigenvalue weighted by Crippen LogP contribution is -2.00. The van der Waals surface area contributed by atoms with Gasteiger partial charge < -0.3 is 9.73 Å². The van der Waals surface area contributed by atoms with Crippen LogP contribution in [0.5, 0.6) is 0 Å². The zero-order chi connectivity index (χ0) is 11.5. The Bertz CT molecular complexity index is 485. The lowest BCUT2D eigenvalue weighted by Gasteiger charge is -2.09. The molecule has 0 saturated heterocycles. The van der Waals surface area contributed by atoms with E-state index in [0.717, 1.165) is 17.0 Å². The summed E-state index contributed by atoms with van der Waals surface area (Å²) in [6.07, 6.45) is 3.02. The van der Waals surface area contributed by atoms with Crippen molar-refractivity contribution in [3.63, 3.8) is 0 Å². The molecule has 0 fully saturated rings. The molecule has 0 amide bonds. The lowest BCUT2D eigenvalue weighted by molar-refractivity contribution is 0.511. The van der Waals surface area contributed by atoms with Crippen molar-refractivity contribution in [2.24, 2.45) is 0 Å². The molecule has 5 heteroatoms. The summed E-state index contributed by atoms with van der Waals surface area (Å²) >= 11 is 3.15. The molecule has 0 spiro atoms. The van der Waals surface area contributed by atoms with Crippen LogP contribution in [0.1, 0.15) is 11.3 Å². The quantitative estimate of drug-likeness (QED) is 0.938. The molecule has 0 aliphatic heterocycles. The molecule has 84 valence electrons. The second kappa shape index (κ2) is 4.65. The van der Waals surface area contributed by atoms with Crippen LogP contribution in [-0.2, 0) is 6.54 Å². The molecule has 0 atom stereocenters. The Hall–Kier alpha value is -1.36. The predicted octanol–water partition coefficient (Wildman–Crippen LogP) is 3.50. The highest BCUT2D eigenvalue weighted by Gasteiger charge is 2.05. The molecule has 1 aromatic carbocycles. The Labute approximate surface area is 101 Å². The third-order valence-corrected chi connectivity index (χ3v) is 2.81. The van der Waals surface area contributed by atoms with Crippen molar-refractivity contribution in [1.82, 2.24) is 4.98 Å². The first-order valence-corrected chi connectivity index (χ1v) is 5.53. The number of anilines is 1. The lowest BCUT2D eigenvalue weighted by atomic mass is 10.2. The molecule has 2 rings (SSSR count). The Morgan fingerprint density at radius 2 is 2.31 bits per heavy atom. The van der Waals surface area contributed by atoms with E-state index in [9.17, 15) is 4.39 Å². The first-order valence-electron chi connectivity index (χ1n) is 4.73. The van der Waals surface area contributed by atoms with Crippen LogP contribution in [-0.4, -0.2) is 4.98 Å². The van der Waals surface area contributed by atoms with E-state index in [1.165, 1.54) is 12.5 Å². The third-order valence-electron chi connectivity index (χ3n) is 2.20. The topological polar surface area (TPSA) is 38.1 Å². The van der Waals surface area contributed by atoms with Crippen molar-refractivity contribution < 1.29 is 8.81 Å². The van der Waals surface area contributed by atoms with Crippen molar-refractivity contribution >= 4 is 21.6 Å². The second-order valence-electron chi connectivity index (χ2n) is 3.40. The normalized spacial score (nSPS) is 10.4. The number of hydrogen-bond acceptors (Lipinski definition) is 3. The summed E-state index contributed by atoms with van der Waals surface area (Å²) < 4.78 is 18.7. The maximum Gasteiger partial charge on any atom is 0.180 e. The van der Waals surface area contributed by atoms with Crippen molar-refractivity contribution in [2.75, 3.05) is 5.32 Å². The van der Waals surface area contributed by atoms with E-state index in [1.807, 2.05) is 6.92 Å². The summed E-state index contributed by atoms with van der Waals surface area (Å²) in [5.74, 6) is 0.475. The molecular formula is C11H10BrFN2O. The highest BCUT2D eigenvalue weighted by molar-refractivity contribution is 9.10. The van der Waals surface area contributed by atoms with E-state index in [0.29, 0.717) is 11.0 Å². The molecule has 2 aromatic rings. The van der Waals surface area contributed by atoms with Gasteiger partial charge in [-0.1, -0.05) is 0 Å². The predicted molar refractivity (Wildman–Crippen MR) is 62.7 cm³/mol. The Morgan fingerprint density at radius 3 is 3.00 bits per heavy atom.